The van der Waals surface area contributed by atoms with E-state index in [1.807, 2.05) is 0 Å². The Morgan fingerprint density at radius 3 is 1.73 bits per heavy atom. The topological polar surface area (TPSA) is 58.2 Å². The minimum absolute atomic E-state index is 0.144. The molecule has 0 saturated heterocycles. The SMILES string of the molecule is C=CC(=O)N[C@@H]1CC[C@H](NC(=O)C=C)C1. The lowest BCUT2D eigenvalue weighted by Gasteiger charge is -2.12. The predicted octanol–water partition coefficient (Wildman–Crippen LogP) is 0.512. The van der Waals surface area contributed by atoms with Crippen LogP contribution in [0.2, 0.25) is 0 Å². The molecule has 2 N–H and O–H groups in total. The van der Waals surface area contributed by atoms with Crippen LogP contribution >= 0.6 is 0 Å². The van der Waals surface area contributed by atoms with E-state index in [1.54, 1.807) is 0 Å². The molecule has 2 amide bonds. The lowest BCUT2D eigenvalue weighted by molar-refractivity contribution is -0.117. The first-order chi connectivity index (χ1) is 7.15. The maximum Gasteiger partial charge on any atom is 0.243 e. The fraction of sp³-hybridized carbons (Fsp3) is 0.455. The lowest BCUT2D eigenvalue weighted by Crippen LogP contribution is -2.35. The van der Waals surface area contributed by atoms with Crippen molar-refractivity contribution in [1.29, 1.82) is 0 Å². The van der Waals surface area contributed by atoms with E-state index in [0.717, 1.165) is 19.3 Å². The molecule has 82 valence electrons. The molecule has 0 spiro atoms. The summed E-state index contributed by atoms with van der Waals surface area (Å²) in [6, 6.07) is 0.288. The quantitative estimate of drug-likeness (QED) is 0.661. The Morgan fingerprint density at radius 1 is 1.00 bits per heavy atom. The highest BCUT2D eigenvalue weighted by Crippen LogP contribution is 2.18. The van der Waals surface area contributed by atoms with Gasteiger partial charge >= 0.3 is 0 Å². The summed E-state index contributed by atoms with van der Waals surface area (Å²) in [5.41, 5.74) is 0. The Bertz CT molecular complexity index is 258. The van der Waals surface area contributed by atoms with Gasteiger partial charge in [0.25, 0.3) is 0 Å². The van der Waals surface area contributed by atoms with Gasteiger partial charge in [0.1, 0.15) is 0 Å². The molecule has 0 aromatic heterocycles. The Kier molecular flexibility index (Phi) is 4.09. The van der Waals surface area contributed by atoms with Gasteiger partial charge in [-0.25, -0.2) is 0 Å². The molecule has 2 atom stereocenters. The number of carbonyl (C=O) groups is 2. The fourth-order valence-corrected chi connectivity index (χ4v) is 1.76. The minimum Gasteiger partial charge on any atom is -0.350 e. The van der Waals surface area contributed by atoms with Crippen molar-refractivity contribution in [3.63, 3.8) is 0 Å². The predicted molar refractivity (Wildman–Crippen MR) is 58.1 cm³/mol. The Labute approximate surface area is 89.4 Å². The van der Waals surface area contributed by atoms with Gasteiger partial charge in [-0.05, 0) is 31.4 Å². The maximum absolute atomic E-state index is 11.0. The molecule has 0 unspecified atom stereocenters. The summed E-state index contributed by atoms with van der Waals surface area (Å²) in [7, 11) is 0. The van der Waals surface area contributed by atoms with Gasteiger partial charge in [0.15, 0.2) is 0 Å². The van der Waals surface area contributed by atoms with E-state index in [0.29, 0.717) is 0 Å². The summed E-state index contributed by atoms with van der Waals surface area (Å²) in [6.45, 7) is 6.78. The van der Waals surface area contributed by atoms with Crippen LogP contribution in [0.15, 0.2) is 25.3 Å². The molecule has 0 aromatic rings. The van der Waals surface area contributed by atoms with E-state index < -0.39 is 0 Å². The summed E-state index contributed by atoms with van der Waals surface area (Å²) < 4.78 is 0. The molecule has 0 aliphatic heterocycles. The van der Waals surface area contributed by atoms with Gasteiger partial charge in [-0.2, -0.15) is 0 Å². The van der Waals surface area contributed by atoms with Crippen LogP contribution in [-0.4, -0.2) is 23.9 Å². The van der Waals surface area contributed by atoms with Gasteiger partial charge in [-0.3, -0.25) is 9.59 Å². The normalized spacial score (nSPS) is 24.3. The zero-order valence-electron chi connectivity index (χ0n) is 8.66. The summed E-state index contributed by atoms with van der Waals surface area (Å²) in [5, 5.41) is 5.63. The van der Waals surface area contributed by atoms with E-state index in [4.69, 9.17) is 0 Å². The van der Waals surface area contributed by atoms with Crippen molar-refractivity contribution in [2.24, 2.45) is 0 Å². The van der Waals surface area contributed by atoms with Crippen molar-refractivity contribution in [2.75, 3.05) is 0 Å². The number of carbonyl (C=O) groups excluding carboxylic acids is 2. The Morgan fingerprint density at radius 2 is 1.40 bits per heavy atom. The van der Waals surface area contributed by atoms with E-state index in [-0.39, 0.29) is 23.9 Å². The van der Waals surface area contributed by atoms with Crippen LogP contribution in [0.25, 0.3) is 0 Å². The molecule has 1 fully saturated rings. The molecule has 15 heavy (non-hydrogen) atoms. The summed E-state index contributed by atoms with van der Waals surface area (Å²) in [5.74, 6) is -0.314. The molecule has 0 bridgehead atoms. The van der Waals surface area contributed by atoms with Crippen molar-refractivity contribution >= 4 is 11.8 Å². The first-order valence-corrected chi connectivity index (χ1v) is 5.01. The summed E-state index contributed by atoms with van der Waals surface area (Å²) in [6.07, 6.45) is 5.08. The third kappa shape index (κ3) is 3.58. The van der Waals surface area contributed by atoms with Crippen LogP contribution in [0.4, 0.5) is 0 Å². The van der Waals surface area contributed by atoms with Gasteiger partial charge in [0.2, 0.25) is 11.8 Å². The van der Waals surface area contributed by atoms with Gasteiger partial charge in [-0.15, -0.1) is 0 Å². The number of amides is 2. The number of hydrogen-bond acceptors (Lipinski definition) is 2. The average Bonchev–Trinajstić information content (AvgIpc) is 2.65. The Hall–Kier alpha value is -1.58. The van der Waals surface area contributed by atoms with Gasteiger partial charge < -0.3 is 10.6 Å². The monoisotopic (exact) mass is 208 g/mol. The van der Waals surface area contributed by atoms with Crippen molar-refractivity contribution in [3.8, 4) is 0 Å². The van der Waals surface area contributed by atoms with Crippen molar-refractivity contribution in [1.82, 2.24) is 10.6 Å². The molecule has 1 aliphatic rings. The molecule has 0 radical (unpaired) electrons. The van der Waals surface area contributed by atoms with Gasteiger partial charge in [-0.1, -0.05) is 13.2 Å². The standard InChI is InChI=1S/C11H16N2O2/c1-3-10(14)12-8-5-6-9(7-8)13-11(15)4-2/h3-4,8-9H,1-2,5-7H2,(H,12,14)(H,13,15)/t8-,9+. The number of hydrogen-bond donors (Lipinski definition) is 2. The van der Waals surface area contributed by atoms with Crippen LogP contribution in [0.5, 0.6) is 0 Å². The molecule has 0 heterocycles. The average molecular weight is 208 g/mol. The van der Waals surface area contributed by atoms with Crippen LogP contribution in [0, 0.1) is 0 Å². The zero-order valence-corrected chi connectivity index (χ0v) is 8.66. The van der Waals surface area contributed by atoms with E-state index in [9.17, 15) is 9.59 Å². The highest BCUT2D eigenvalue weighted by atomic mass is 16.2. The molecule has 1 saturated carbocycles. The van der Waals surface area contributed by atoms with E-state index in [1.165, 1.54) is 12.2 Å². The second-order valence-corrected chi connectivity index (χ2v) is 3.63. The molecule has 4 nitrogen and oxygen atoms in total. The molecule has 1 rings (SSSR count). The van der Waals surface area contributed by atoms with Crippen LogP contribution in [0.1, 0.15) is 19.3 Å². The second kappa shape index (κ2) is 5.34. The highest BCUT2D eigenvalue weighted by Gasteiger charge is 2.25. The number of rotatable bonds is 4. The molecule has 4 heteroatoms. The van der Waals surface area contributed by atoms with Gasteiger partial charge in [0.05, 0.1) is 0 Å². The lowest BCUT2D eigenvalue weighted by atomic mass is 10.2. The van der Waals surface area contributed by atoms with Crippen molar-refractivity contribution in [3.05, 3.63) is 25.3 Å². The van der Waals surface area contributed by atoms with Crippen molar-refractivity contribution in [2.45, 2.75) is 31.3 Å². The minimum atomic E-state index is -0.157. The highest BCUT2D eigenvalue weighted by molar-refractivity contribution is 5.87. The third-order valence-electron chi connectivity index (χ3n) is 2.50. The summed E-state index contributed by atoms with van der Waals surface area (Å²) >= 11 is 0. The first kappa shape index (κ1) is 11.5. The Balaban J connectivity index is 2.32. The second-order valence-electron chi connectivity index (χ2n) is 3.63. The summed E-state index contributed by atoms with van der Waals surface area (Å²) in [4.78, 5) is 22.0. The maximum atomic E-state index is 11.0. The van der Waals surface area contributed by atoms with Crippen molar-refractivity contribution < 1.29 is 9.59 Å². The zero-order chi connectivity index (χ0) is 11.3. The molecular formula is C11H16N2O2. The smallest absolute Gasteiger partial charge is 0.243 e. The largest absolute Gasteiger partial charge is 0.350 e. The van der Waals surface area contributed by atoms with Crippen LogP contribution in [0.3, 0.4) is 0 Å². The molecule has 0 aromatic carbocycles. The third-order valence-corrected chi connectivity index (χ3v) is 2.50. The van der Waals surface area contributed by atoms with E-state index in [2.05, 4.69) is 23.8 Å². The molecule has 1 aliphatic carbocycles. The van der Waals surface area contributed by atoms with Gasteiger partial charge in [0, 0.05) is 12.1 Å². The van der Waals surface area contributed by atoms with Crippen LogP contribution < -0.4 is 10.6 Å². The first-order valence-electron chi connectivity index (χ1n) is 5.01. The molecular weight excluding hydrogens is 192 g/mol. The fourth-order valence-electron chi connectivity index (χ4n) is 1.76. The van der Waals surface area contributed by atoms with Crippen LogP contribution in [-0.2, 0) is 9.59 Å². The number of nitrogens with one attached hydrogen (secondary N) is 2. The van der Waals surface area contributed by atoms with E-state index >= 15 is 0 Å².